The van der Waals surface area contributed by atoms with Crippen LogP contribution in [0.15, 0.2) is 30.3 Å². The molecule has 2 rings (SSSR count). The number of hydrogen-bond donors (Lipinski definition) is 0. The molecule has 1 heterocycles. The van der Waals surface area contributed by atoms with Gasteiger partial charge in [0, 0.05) is 6.61 Å². The summed E-state index contributed by atoms with van der Waals surface area (Å²) in [7, 11) is 0. The highest BCUT2D eigenvalue weighted by atomic mass is 16.6. The Labute approximate surface area is 113 Å². The van der Waals surface area contributed by atoms with Gasteiger partial charge in [-0.1, -0.05) is 18.2 Å². The monoisotopic (exact) mass is 264 g/mol. The van der Waals surface area contributed by atoms with Crippen LogP contribution in [0.1, 0.15) is 26.2 Å². The van der Waals surface area contributed by atoms with Gasteiger partial charge in [0.05, 0.1) is 6.10 Å². The van der Waals surface area contributed by atoms with Crippen LogP contribution in [0.25, 0.3) is 0 Å². The molecule has 0 bridgehead atoms. The van der Waals surface area contributed by atoms with Crippen molar-refractivity contribution in [2.45, 2.75) is 38.4 Å². The molecule has 0 saturated carbocycles. The zero-order valence-corrected chi connectivity index (χ0v) is 11.2. The van der Waals surface area contributed by atoms with Gasteiger partial charge in [-0.2, -0.15) is 0 Å². The summed E-state index contributed by atoms with van der Waals surface area (Å²) in [6.45, 7) is 2.77. The lowest BCUT2D eigenvalue weighted by Gasteiger charge is -2.23. The second kappa shape index (κ2) is 7.14. The first-order chi connectivity index (χ1) is 9.25. The minimum absolute atomic E-state index is 0.0432. The quantitative estimate of drug-likeness (QED) is 0.767. The standard InChI is InChI=1S/C15H20O4/c1-12(19-13-7-3-2-4-8-13)15(16)18-11-14-9-5-6-10-17-14/h2-4,7-8,12,14H,5-6,9-11H2,1H3. The van der Waals surface area contributed by atoms with Crippen LogP contribution in [-0.2, 0) is 14.3 Å². The van der Waals surface area contributed by atoms with Crippen molar-refractivity contribution in [1.29, 1.82) is 0 Å². The summed E-state index contributed by atoms with van der Waals surface area (Å²) in [5, 5.41) is 0. The van der Waals surface area contributed by atoms with Gasteiger partial charge in [0.1, 0.15) is 12.4 Å². The van der Waals surface area contributed by atoms with Crippen LogP contribution in [0.3, 0.4) is 0 Å². The number of carbonyl (C=O) groups excluding carboxylic acids is 1. The van der Waals surface area contributed by atoms with Gasteiger partial charge in [0.25, 0.3) is 0 Å². The Morgan fingerprint density at radius 3 is 2.84 bits per heavy atom. The average Bonchev–Trinajstić information content (AvgIpc) is 2.47. The molecule has 4 heteroatoms. The number of hydrogen-bond acceptors (Lipinski definition) is 4. The van der Waals surface area contributed by atoms with Crippen molar-refractivity contribution in [1.82, 2.24) is 0 Å². The first kappa shape index (κ1) is 13.9. The lowest BCUT2D eigenvalue weighted by atomic mass is 10.1. The van der Waals surface area contributed by atoms with E-state index in [1.54, 1.807) is 6.92 Å². The summed E-state index contributed by atoms with van der Waals surface area (Å²) in [6, 6.07) is 9.25. The molecule has 0 amide bonds. The summed E-state index contributed by atoms with van der Waals surface area (Å²) >= 11 is 0. The first-order valence-corrected chi connectivity index (χ1v) is 6.75. The zero-order valence-electron chi connectivity index (χ0n) is 11.2. The minimum Gasteiger partial charge on any atom is -0.479 e. The molecule has 1 aromatic carbocycles. The van der Waals surface area contributed by atoms with Crippen LogP contribution >= 0.6 is 0 Å². The maximum absolute atomic E-state index is 11.8. The van der Waals surface area contributed by atoms with E-state index in [2.05, 4.69) is 0 Å². The van der Waals surface area contributed by atoms with Gasteiger partial charge < -0.3 is 14.2 Å². The van der Waals surface area contributed by atoms with E-state index >= 15 is 0 Å². The number of para-hydroxylation sites is 1. The predicted octanol–water partition coefficient (Wildman–Crippen LogP) is 2.57. The first-order valence-electron chi connectivity index (χ1n) is 6.75. The minimum atomic E-state index is -0.606. The molecule has 0 radical (unpaired) electrons. The van der Waals surface area contributed by atoms with Crippen molar-refractivity contribution >= 4 is 5.97 Å². The van der Waals surface area contributed by atoms with Gasteiger partial charge in [-0.25, -0.2) is 4.79 Å². The highest BCUT2D eigenvalue weighted by Gasteiger charge is 2.20. The summed E-state index contributed by atoms with van der Waals surface area (Å²) in [6.07, 6.45) is 2.63. The topological polar surface area (TPSA) is 44.8 Å². The van der Waals surface area contributed by atoms with Crippen molar-refractivity contribution in [3.63, 3.8) is 0 Å². The third-order valence-electron chi connectivity index (χ3n) is 3.07. The number of carbonyl (C=O) groups is 1. The summed E-state index contributed by atoms with van der Waals surface area (Å²) < 4.78 is 16.2. The second-order valence-electron chi connectivity index (χ2n) is 4.69. The molecule has 1 saturated heterocycles. The molecule has 104 valence electrons. The fourth-order valence-electron chi connectivity index (χ4n) is 1.98. The van der Waals surface area contributed by atoms with Gasteiger partial charge in [0.15, 0.2) is 6.10 Å². The lowest BCUT2D eigenvalue weighted by Crippen LogP contribution is -2.31. The highest BCUT2D eigenvalue weighted by molar-refractivity contribution is 5.74. The molecule has 0 aromatic heterocycles. The van der Waals surface area contributed by atoms with E-state index in [1.165, 1.54) is 0 Å². The Hall–Kier alpha value is -1.55. The van der Waals surface area contributed by atoms with Crippen LogP contribution in [-0.4, -0.2) is 31.4 Å². The molecule has 19 heavy (non-hydrogen) atoms. The number of esters is 1. The molecule has 1 fully saturated rings. The van der Waals surface area contributed by atoms with E-state index in [0.29, 0.717) is 12.4 Å². The van der Waals surface area contributed by atoms with Crippen molar-refractivity contribution in [2.75, 3.05) is 13.2 Å². The Kier molecular flexibility index (Phi) is 5.21. The fourth-order valence-corrected chi connectivity index (χ4v) is 1.98. The molecular formula is C15H20O4. The van der Waals surface area contributed by atoms with Crippen LogP contribution in [0, 0.1) is 0 Å². The molecule has 4 nitrogen and oxygen atoms in total. The molecule has 1 aliphatic rings. The number of ether oxygens (including phenoxy) is 3. The Bertz CT molecular complexity index is 384. The van der Waals surface area contributed by atoms with Gasteiger partial charge in [-0.05, 0) is 38.3 Å². The van der Waals surface area contributed by atoms with Gasteiger partial charge in [0.2, 0.25) is 0 Å². The summed E-state index contributed by atoms with van der Waals surface area (Å²) in [5.74, 6) is 0.318. The molecule has 2 unspecified atom stereocenters. The van der Waals surface area contributed by atoms with Crippen molar-refractivity contribution in [2.24, 2.45) is 0 Å². The van der Waals surface area contributed by atoms with Crippen LogP contribution in [0.5, 0.6) is 5.75 Å². The van der Waals surface area contributed by atoms with E-state index in [4.69, 9.17) is 14.2 Å². The fraction of sp³-hybridized carbons (Fsp3) is 0.533. The predicted molar refractivity (Wildman–Crippen MR) is 71.1 cm³/mol. The van der Waals surface area contributed by atoms with E-state index in [1.807, 2.05) is 30.3 Å². The number of rotatable bonds is 5. The van der Waals surface area contributed by atoms with Crippen LogP contribution in [0.2, 0.25) is 0 Å². The molecule has 1 aromatic rings. The van der Waals surface area contributed by atoms with Crippen LogP contribution in [0.4, 0.5) is 0 Å². The van der Waals surface area contributed by atoms with Gasteiger partial charge in [-0.15, -0.1) is 0 Å². The van der Waals surface area contributed by atoms with Crippen LogP contribution < -0.4 is 4.74 Å². The Morgan fingerprint density at radius 1 is 1.37 bits per heavy atom. The van der Waals surface area contributed by atoms with Gasteiger partial charge >= 0.3 is 5.97 Å². The normalized spacial score (nSPS) is 20.6. The SMILES string of the molecule is CC(Oc1ccccc1)C(=O)OCC1CCCCO1. The largest absolute Gasteiger partial charge is 0.479 e. The molecule has 2 atom stereocenters. The van der Waals surface area contributed by atoms with E-state index < -0.39 is 6.10 Å². The van der Waals surface area contributed by atoms with Crippen molar-refractivity contribution in [3.8, 4) is 5.75 Å². The maximum atomic E-state index is 11.8. The van der Waals surface area contributed by atoms with E-state index in [0.717, 1.165) is 25.9 Å². The Balaban J connectivity index is 1.73. The zero-order chi connectivity index (χ0) is 13.5. The summed E-state index contributed by atoms with van der Waals surface area (Å²) in [4.78, 5) is 11.8. The third kappa shape index (κ3) is 4.56. The maximum Gasteiger partial charge on any atom is 0.347 e. The smallest absolute Gasteiger partial charge is 0.347 e. The van der Waals surface area contributed by atoms with E-state index in [-0.39, 0.29) is 12.1 Å². The van der Waals surface area contributed by atoms with Crippen molar-refractivity contribution < 1.29 is 19.0 Å². The number of benzene rings is 1. The molecule has 0 aliphatic carbocycles. The third-order valence-corrected chi connectivity index (χ3v) is 3.07. The molecular weight excluding hydrogens is 244 g/mol. The van der Waals surface area contributed by atoms with Gasteiger partial charge in [-0.3, -0.25) is 0 Å². The highest BCUT2D eigenvalue weighted by Crippen LogP contribution is 2.14. The Morgan fingerprint density at radius 2 is 2.16 bits per heavy atom. The second-order valence-corrected chi connectivity index (χ2v) is 4.69. The van der Waals surface area contributed by atoms with E-state index in [9.17, 15) is 4.79 Å². The molecule has 0 N–H and O–H groups in total. The molecule has 0 spiro atoms. The van der Waals surface area contributed by atoms with Crippen molar-refractivity contribution in [3.05, 3.63) is 30.3 Å². The average molecular weight is 264 g/mol. The molecule has 1 aliphatic heterocycles. The lowest BCUT2D eigenvalue weighted by molar-refractivity contribution is -0.156. The summed E-state index contributed by atoms with van der Waals surface area (Å²) in [5.41, 5.74) is 0.